The lowest BCUT2D eigenvalue weighted by molar-refractivity contribution is 0.0935. The Hall–Kier alpha value is -12.7. The highest BCUT2D eigenvalue weighted by Gasteiger charge is 2.34. The Bertz CT molecular complexity index is 6540. The summed E-state index contributed by atoms with van der Waals surface area (Å²) < 4.78 is 19.7. The third-order valence-electron chi connectivity index (χ3n) is 22.7. The summed E-state index contributed by atoms with van der Waals surface area (Å²) in [6.07, 6.45) is 17.8. The SMILES string of the molecule is CCc1nnc(-c2cnn(C)c2C(=O)CC2CCn3nc(-c4ccccc4)nc3C2)s1.Cc1cnc(C)c(-c2cnn(C)c2C(=O)CC2CCn3nc(-c4ccccc4)nc3C2)n1.Cc1nc(-c2cnn(C)c2C(=O)CC2CCn3nc(-c4ccccc4)nc3C2)c(Br)s1.Cc1nsc(-c2cnn(C)c2C(=O)CC2CCn3nc(-c4ccccc4)nc3C2)n1. The second kappa shape index (κ2) is 36.8. The van der Waals surface area contributed by atoms with Gasteiger partial charge in [-0.1, -0.05) is 140 Å². The fourth-order valence-electron chi connectivity index (χ4n) is 16.5. The number of benzene rings is 4. The van der Waals surface area contributed by atoms with Gasteiger partial charge in [0.15, 0.2) is 51.4 Å². The van der Waals surface area contributed by atoms with Crippen LogP contribution in [0.4, 0.5) is 0 Å². The first-order valence-corrected chi connectivity index (χ1v) is 44.6. The molecule has 0 N–H and O–H groups in total. The number of hydrogen-bond donors (Lipinski definition) is 0. The normalized spacial score (nSPS) is 15.7. The minimum absolute atomic E-state index is 0.0731. The first-order valence-electron chi connectivity index (χ1n) is 41.4. The van der Waals surface area contributed by atoms with Crippen LogP contribution in [0.15, 0.2) is 156 Å². The minimum atomic E-state index is 0.0731. The fraction of sp³-hybridized carbons (Fsp3) is 0.337. The van der Waals surface area contributed by atoms with E-state index in [2.05, 4.69) is 91.2 Å². The van der Waals surface area contributed by atoms with Crippen LogP contribution in [0.5, 0.6) is 0 Å². The molecule has 124 heavy (non-hydrogen) atoms. The number of thiazole rings is 1. The number of carbonyl (C=O) groups excluding carboxylic acids is 4. The van der Waals surface area contributed by atoms with Crippen LogP contribution in [-0.2, 0) is 86.5 Å². The molecule has 20 rings (SSSR count). The van der Waals surface area contributed by atoms with Crippen molar-refractivity contribution in [2.75, 3.05) is 0 Å². The molecular formula is C89H90BrN27O4S3. The van der Waals surface area contributed by atoms with Crippen LogP contribution < -0.4 is 0 Å². The van der Waals surface area contributed by atoms with Gasteiger partial charge < -0.3 is 0 Å². The lowest BCUT2D eigenvalue weighted by Crippen LogP contribution is -2.23. The molecule has 4 unspecified atom stereocenters. The van der Waals surface area contributed by atoms with Crippen LogP contribution in [0.25, 0.3) is 89.2 Å². The Morgan fingerprint density at radius 1 is 0.403 bits per heavy atom. The summed E-state index contributed by atoms with van der Waals surface area (Å²) in [5, 5.41) is 47.8. The summed E-state index contributed by atoms with van der Waals surface area (Å²) in [7, 11) is 7.23. The van der Waals surface area contributed by atoms with Crippen molar-refractivity contribution in [2.45, 2.75) is 144 Å². The largest absolute Gasteiger partial charge is 0.292 e. The molecule has 630 valence electrons. The molecule has 0 saturated carbocycles. The van der Waals surface area contributed by atoms with Gasteiger partial charge in [-0.05, 0) is 111 Å². The topological polar surface area (TPSA) is 353 Å². The molecule has 35 heteroatoms. The van der Waals surface area contributed by atoms with Crippen LogP contribution in [0, 0.1) is 51.4 Å². The van der Waals surface area contributed by atoms with Crippen molar-refractivity contribution in [3.05, 3.63) is 229 Å². The number of hydrogen-bond acceptors (Lipinski definition) is 26. The molecular weight excluding hydrogens is 1690 g/mol. The second-order valence-electron chi connectivity index (χ2n) is 31.6. The predicted octanol–water partition coefficient (Wildman–Crippen LogP) is 15.2. The number of ketones is 4. The summed E-state index contributed by atoms with van der Waals surface area (Å²) in [6, 6.07) is 40.0. The molecule has 4 aromatic carbocycles. The Labute approximate surface area is 735 Å². The number of aryl methyl sites for hydroxylation is 13. The van der Waals surface area contributed by atoms with Crippen LogP contribution in [-0.4, -0.2) is 156 Å². The molecule has 4 atom stereocenters. The molecule has 0 amide bonds. The molecule has 4 aliphatic heterocycles. The number of fused-ring (bicyclic) bond motifs is 4. The summed E-state index contributed by atoms with van der Waals surface area (Å²) in [5.74, 6) is 8.74. The van der Waals surface area contributed by atoms with Crippen LogP contribution in [0.2, 0.25) is 0 Å². The van der Waals surface area contributed by atoms with Crippen LogP contribution in [0.3, 0.4) is 0 Å². The van der Waals surface area contributed by atoms with Gasteiger partial charge in [0.2, 0.25) is 0 Å². The summed E-state index contributed by atoms with van der Waals surface area (Å²) in [5.41, 5.74) is 12.6. The van der Waals surface area contributed by atoms with Gasteiger partial charge in [-0.15, -0.1) is 21.5 Å². The molecule has 0 fully saturated rings. The molecule has 16 aromatic rings. The van der Waals surface area contributed by atoms with E-state index in [1.807, 2.05) is 189 Å². The van der Waals surface area contributed by atoms with Crippen molar-refractivity contribution < 1.29 is 19.2 Å². The molecule has 16 heterocycles. The number of aromatic nitrogens is 27. The Morgan fingerprint density at radius 3 is 1.08 bits per heavy atom. The van der Waals surface area contributed by atoms with E-state index in [-0.39, 0.29) is 46.8 Å². The van der Waals surface area contributed by atoms with E-state index >= 15 is 0 Å². The van der Waals surface area contributed by atoms with E-state index in [0.29, 0.717) is 54.3 Å². The molecule has 12 aromatic heterocycles. The maximum absolute atomic E-state index is 13.4. The minimum Gasteiger partial charge on any atom is -0.292 e. The lowest BCUT2D eigenvalue weighted by atomic mass is 9.90. The smallest absolute Gasteiger partial charge is 0.181 e. The maximum Gasteiger partial charge on any atom is 0.181 e. The molecule has 0 spiro atoms. The molecule has 0 aliphatic carbocycles. The average molecular weight is 1780 g/mol. The number of carbonyl (C=O) groups is 4. The molecule has 4 aliphatic rings. The van der Waals surface area contributed by atoms with E-state index in [1.54, 1.807) is 75.1 Å². The first-order chi connectivity index (χ1) is 60.2. The van der Waals surface area contributed by atoms with E-state index in [1.165, 1.54) is 22.9 Å². The van der Waals surface area contributed by atoms with E-state index in [0.717, 1.165) is 222 Å². The van der Waals surface area contributed by atoms with Gasteiger partial charge in [0.05, 0.1) is 78.6 Å². The molecule has 0 bridgehead atoms. The third kappa shape index (κ3) is 18.3. The van der Waals surface area contributed by atoms with Crippen molar-refractivity contribution in [3.8, 4) is 89.2 Å². The highest BCUT2D eigenvalue weighted by molar-refractivity contribution is 9.11. The average Bonchev–Trinajstić information content (AvgIpc) is 1.63. The summed E-state index contributed by atoms with van der Waals surface area (Å²) in [6.45, 7) is 12.8. The summed E-state index contributed by atoms with van der Waals surface area (Å²) >= 11 is 7.95. The van der Waals surface area contributed by atoms with Gasteiger partial charge >= 0.3 is 0 Å². The highest BCUT2D eigenvalue weighted by atomic mass is 79.9. The molecule has 0 radical (unpaired) electrons. The molecule has 0 saturated heterocycles. The van der Waals surface area contributed by atoms with Crippen molar-refractivity contribution in [3.63, 3.8) is 0 Å². The van der Waals surface area contributed by atoms with E-state index in [4.69, 9.17) is 19.9 Å². The first kappa shape index (κ1) is 83.5. The number of rotatable bonds is 21. The zero-order valence-corrected chi connectivity index (χ0v) is 74.1. The zero-order valence-electron chi connectivity index (χ0n) is 70.1. The second-order valence-corrected chi connectivity index (χ2v) is 36.0. The van der Waals surface area contributed by atoms with Gasteiger partial charge in [-0.2, -0.15) is 45.2 Å². The monoisotopic (exact) mass is 1780 g/mol. The van der Waals surface area contributed by atoms with E-state index in [9.17, 15) is 19.2 Å². The number of nitrogens with zero attached hydrogens (tertiary/aromatic N) is 27. The van der Waals surface area contributed by atoms with Gasteiger partial charge in [-0.25, -0.2) is 53.6 Å². The standard InChI is InChI=1S/C24H25N7O.C22H21BrN6OS.C22H23N7OS.C21H21N7OS/c1-15-13-25-16(2)22(27-15)19-14-26-30(3)23(19)20(32)11-17-9-10-31-21(12-17)28-24(29-31)18-7-5-4-6-8-18;1-13-25-19(21(23)31-13)16-12-24-28(2)20(16)17(30)10-14-8-9-29-18(11-14)26-22(27-29)15-6-4-3-5-7-15;1-3-19-25-26-22(31-19)16-13-23-28(2)20(16)17(30)11-14-9-10-29-18(12-14)24-21(27-29)15-7-5-4-6-8-15;1-13-23-21(30-26-13)16-12-22-27(2)19(16)17(29)10-14-8-9-28-18(11-14)24-20(25-28)15-6-4-3-5-7-15/h4-8,13-14,17H,9-12H2,1-3H3;3-7,12,14H,8-11H2,1-2H3;4-8,13-14H,3,9-12H2,1-2H3;3-7,12,14H,8-11H2,1-2H3. The highest BCUT2D eigenvalue weighted by Crippen LogP contribution is 2.39. The zero-order chi connectivity index (χ0) is 85.8. The van der Waals surface area contributed by atoms with Gasteiger partial charge in [-0.3, -0.25) is 42.9 Å². The van der Waals surface area contributed by atoms with Crippen molar-refractivity contribution >= 4 is 73.3 Å². The van der Waals surface area contributed by atoms with Crippen molar-refractivity contribution in [1.82, 2.24) is 133 Å². The van der Waals surface area contributed by atoms with Crippen molar-refractivity contribution in [2.24, 2.45) is 51.9 Å². The van der Waals surface area contributed by atoms with Crippen LogP contribution >= 0.6 is 50.1 Å². The van der Waals surface area contributed by atoms with Gasteiger partial charge in [0.25, 0.3) is 0 Å². The van der Waals surface area contributed by atoms with E-state index < -0.39 is 0 Å². The van der Waals surface area contributed by atoms with Crippen LogP contribution in [0.1, 0.15) is 151 Å². The van der Waals surface area contributed by atoms with Crippen molar-refractivity contribution in [1.29, 1.82) is 0 Å². The summed E-state index contributed by atoms with van der Waals surface area (Å²) in [4.78, 5) is 90.1. The Morgan fingerprint density at radius 2 is 0.750 bits per heavy atom. The Balaban J connectivity index is 0.000000117. The predicted molar refractivity (Wildman–Crippen MR) is 474 cm³/mol. The van der Waals surface area contributed by atoms with Gasteiger partial charge in [0.1, 0.15) is 61.9 Å². The Kier molecular flexibility index (Phi) is 24.8. The maximum atomic E-state index is 13.4. The fourth-order valence-corrected chi connectivity index (χ4v) is 19.6. The number of Topliss-reactive ketones (excluding diaryl/α,β-unsaturated/α-hetero) is 4. The number of halogens is 1. The van der Waals surface area contributed by atoms with Gasteiger partial charge in [0, 0.05) is 134 Å². The quantitative estimate of drug-likeness (QED) is 0.0603. The lowest BCUT2D eigenvalue weighted by Gasteiger charge is -2.21. The third-order valence-corrected chi connectivity index (χ3v) is 26.3. The molecule has 31 nitrogen and oxygen atoms in total.